The molecule has 0 aromatic carbocycles. The van der Waals surface area contributed by atoms with Gasteiger partial charge in [-0.05, 0) is 51.4 Å². The zero-order chi connectivity index (χ0) is 20.1. The third kappa shape index (κ3) is 5.80. The van der Waals surface area contributed by atoms with Gasteiger partial charge in [-0.3, -0.25) is 4.90 Å². The second-order valence-corrected chi connectivity index (χ2v) is 10.9. The van der Waals surface area contributed by atoms with E-state index in [9.17, 15) is 8.42 Å². The van der Waals surface area contributed by atoms with Crippen LogP contribution in [-0.4, -0.2) is 54.9 Å². The van der Waals surface area contributed by atoms with Gasteiger partial charge >= 0.3 is 0 Å². The van der Waals surface area contributed by atoms with Gasteiger partial charge in [0.1, 0.15) is 0 Å². The quantitative estimate of drug-likeness (QED) is 0.558. The predicted molar refractivity (Wildman–Crippen MR) is 111 cm³/mol. The number of sulfone groups is 1. The van der Waals surface area contributed by atoms with Gasteiger partial charge < -0.3 is 9.30 Å². The summed E-state index contributed by atoms with van der Waals surface area (Å²) >= 11 is 0. The first-order valence-electron chi connectivity index (χ1n) is 10.9. The first kappa shape index (κ1) is 21.8. The first-order chi connectivity index (χ1) is 13.4. The van der Waals surface area contributed by atoms with Crippen molar-refractivity contribution in [3.63, 3.8) is 0 Å². The van der Waals surface area contributed by atoms with Gasteiger partial charge in [-0.25, -0.2) is 13.4 Å². The fourth-order valence-electron chi connectivity index (χ4n) is 4.20. The SMILES string of the molecule is COCCN(Cc1cnc(S(=O)(=O)CC2CC2)n1CC1CCCCC1)C(C)C. The lowest BCUT2D eigenvalue weighted by Crippen LogP contribution is -2.34. The number of nitrogens with zero attached hydrogens (tertiary/aromatic N) is 3. The fourth-order valence-corrected chi connectivity index (χ4v) is 6.04. The van der Waals surface area contributed by atoms with Crippen LogP contribution >= 0.6 is 0 Å². The van der Waals surface area contributed by atoms with E-state index in [1.54, 1.807) is 13.3 Å². The minimum absolute atomic E-state index is 0.256. The first-order valence-corrected chi connectivity index (χ1v) is 12.6. The molecule has 0 atom stereocenters. The molecule has 1 heterocycles. The van der Waals surface area contributed by atoms with Gasteiger partial charge in [-0.1, -0.05) is 19.3 Å². The summed E-state index contributed by atoms with van der Waals surface area (Å²) in [6, 6.07) is 0.361. The normalized spacial score (nSPS) is 19.0. The Morgan fingerprint density at radius 2 is 1.89 bits per heavy atom. The van der Waals surface area contributed by atoms with Crippen molar-refractivity contribution < 1.29 is 13.2 Å². The Labute approximate surface area is 170 Å². The molecular formula is C21H37N3O3S. The molecule has 160 valence electrons. The van der Waals surface area contributed by atoms with Gasteiger partial charge in [0, 0.05) is 32.8 Å². The molecule has 2 aliphatic rings. The van der Waals surface area contributed by atoms with Crippen molar-refractivity contribution >= 4 is 9.84 Å². The lowest BCUT2D eigenvalue weighted by molar-refractivity contribution is 0.122. The van der Waals surface area contributed by atoms with E-state index in [4.69, 9.17) is 4.74 Å². The smallest absolute Gasteiger partial charge is 0.227 e. The van der Waals surface area contributed by atoms with Crippen LogP contribution in [0.4, 0.5) is 0 Å². The van der Waals surface area contributed by atoms with E-state index in [1.165, 1.54) is 32.1 Å². The minimum atomic E-state index is -3.32. The van der Waals surface area contributed by atoms with E-state index in [2.05, 4.69) is 23.7 Å². The van der Waals surface area contributed by atoms with Gasteiger partial charge in [0.2, 0.25) is 15.0 Å². The average molecular weight is 412 g/mol. The Hall–Kier alpha value is -0.920. The van der Waals surface area contributed by atoms with Crippen LogP contribution < -0.4 is 0 Å². The molecule has 2 saturated carbocycles. The van der Waals surface area contributed by atoms with Crippen LogP contribution in [0.15, 0.2) is 11.4 Å². The molecule has 0 bridgehead atoms. The minimum Gasteiger partial charge on any atom is -0.383 e. The number of rotatable bonds is 11. The summed E-state index contributed by atoms with van der Waals surface area (Å²) in [6.45, 7) is 7.32. The van der Waals surface area contributed by atoms with Crippen LogP contribution in [0.25, 0.3) is 0 Å². The molecule has 0 amide bonds. The molecule has 7 heteroatoms. The lowest BCUT2D eigenvalue weighted by atomic mass is 9.89. The highest BCUT2D eigenvalue weighted by Crippen LogP contribution is 2.33. The van der Waals surface area contributed by atoms with Crippen molar-refractivity contribution in [1.82, 2.24) is 14.5 Å². The highest BCUT2D eigenvalue weighted by Gasteiger charge is 2.33. The molecule has 0 radical (unpaired) electrons. The molecule has 0 aliphatic heterocycles. The second kappa shape index (κ2) is 9.72. The van der Waals surface area contributed by atoms with Gasteiger partial charge in [-0.2, -0.15) is 0 Å². The molecule has 0 spiro atoms. The Morgan fingerprint density at radius 1 is 1.18 bits per heavy atom. The number of ether oxygens (including phenoxy) is 1. The van der Waals surface area contributed by atoms with Crippen LogP contribution in [0.3, 0.4) is 0 Å². The molecule has 1 aromatic heterocycles. The maximum absolute atomic E-state index is 13.0. The highest BCUT2D eigenvalue weighted by atomic mass is 32.2. The molecule has 3 rings (SSSR count). The van der Waals surface area contributed by atoms with Crippen LogP contribution in [0.1, 0.15) is 64.5 Å². The van der Waals surface area contributed by atoms with Gasteiger partial charge in [0.25, 0.3) is 0 Å². The van der Waals surface area contributed by atoms with Crippen molar-refractivity contribution in [2.24, 2.45) is 11.8 Å². The van der Waals surface area contributed by atoms with E-state index in [0.717, 1.165) is 31.6 Å². The summed E-state index contributed by atoms with van der Waals surface area (Å²) in [6.07, 6.45) is 10.1. The summed E-state index contributed by atoms with van der Waals surface area (Å²) in [5.41, 5.74) is 1.02. The number of hydrogen-bond donors (Lipinski definition) is 0. The fraction of sp³-hybridized carbons (Fsp3) is 0.857. The Morgan fingerprint density at radius 3 is 2.50 bits per heavy atom. The van der Waals surface area contributed by atoms with E-state index >= 15 is 0 Å². The third-order valence-electron chi connectivity index (χ3n) is 6.18. The van der Waals surface area contributed by atoms with E-state index < -0.39 is 9.84 Å². The Bertz CT molecular complexity index is 719. The average Bonchev–Trinajstić information content (AvgIpc) is 3.37. The molecule has 0 unspecified atom stereocenters. The zero-order valence-electron chi connectivity index (χ0n) is 17.8. The maximum Gasteiger partial charge on any atom is 0.227 e. The van der Waals surface area contributed by atoms with Crippen molar-refractivity contribution in [2.75, 3.05) is 26.0 Å². The summed E-state index contributed by atoms with van der Waals surface area (Å²) in [7, 11) is -1.61. The summed E-state index contributed by atoms with van der Waals surface area (Å²) < 4.78 is 33.4. The Kier molecular flexibility index (Phi) is 7.56. The second-order valence-electron chi connectivity index (χ2n) is 8.93. The van der Waals surface area contributed by atoms with Crippen molar-refractivity contribution in [3.8, 4) is 0 Å². The van der Waals surface area contributed by atoms with Crippen LogP contribution in [0.2, 0.25) is 0 Å². The van der Waals surface area contributed by atoms with Crippen LogP contribution in [0.5, 0.6) is 0 Å². The number of imidazole rings is 1. The molecular weight excluding hydrogens is 374 g/mol. The molecule has 6 nitrogen and oxygen atoms in total. The summed E-state index contributed by atoms with van der Waals surface area (Å²) in [4.78, 5) is 6.77. The number of hydrogen-bond acceptors (Lipinski definition) is 5. The van der Waals surface area contributed by atoms with Gasteiger partial charge in [-0.15, -0.1) is 0 Å². The van der Waals surface area contributed by atoms with Gasteiger partial charge in [0.15, 0.2) is 0 Å². The monoisotopic (exact) mass is 411 g/mol. The van der Waals surface area contributed by atoms with E-state index in [0.29, 0.717) is 36.2 Å². The largest absolute Gasteiger partial charge is 0.383 e. The van der Waals surface area contributed by atoms with Crippen molar-refractivity contribution in [3.05, 3.63) is 11.9 Å². The molecule has 2 fully saturated rings. The topological polar surface area (TPSA) is 64.4 Å². The standard InChI is InChI=1S/C21H37N3O3S/c1-17(2)23(11-12-27-3)15-20-13-22-21(28(25,26)16-19-9-10-19)24(20)14-18-7-5-4-6-8-18/h13,17-19H,4-12,14-16H2,1-3H3. The van der Waals surface area contributed by atoms with E-state index in [1.807, 2.05) is 4.57 Å². The maximum atomic E-state index is 13.0. The van der Waals surface area contributed by atoms with Gasteiger partial charge in [0.05, 0.1) is 24.3 Å². The molecule has 0 saturated heterocycles. The molecule has 0 N–H and O–H groups in total. The van der Waals surface area contributed by atoms with Crippen molar-refractivity contribution in [2.45, 2.75) is 83.1 Å². The van der Waals surface area contributed by atoms with E-state index in [-0.39, 0.29) is 5.75 Å². The zero-order valence-corrected chi connectivity index (χ0v) is 18.6. The number of methoxy groups -OCH3 is 1. The Balaban J connectivity index is 1.85. The van der Waals surface area contributed by atoms with Crippen LogP contribution in [-0.2, 0) is 27.7 Å². The summed E-state index contributed by atoms with van der Waals surface area (Å²) in [5, 5.41) is 0.301. The molecule has 1 aromatic rings. The molecule has 28 heavy (non-hydrogen) atoms. The molecule has 2 aliphatic carbocycles. The third-order valence-corrected chi connectivity index (χ3v) is 7.97. The van der Waals surface area contributed by atoms with Crippen molar-refractivity contribution in [1.29, 1.82) is 0 Å². The number of aromatic nitrogens is 2. The van der Waals surface area contributed by atoms with Crippen LogP contribution in [0, 0.1) is 11.8 Å². The summed E-state index contributed by atoms with van der Waals surface area (Å²) in [5.74, 6) is 1.15. The predicted octanol–water partition coefficient (Wildman–Crippen LogP) is 3.50. The lowest BCUT2D eigenvalue weighted by Gasteiger charge is -2.28. The highest BCUT2D eigenvalue weighted by molar-refractivity contribution is 7.91.